The van der Waals surface area contributed by atoms with Crippen LogP contribution in [0.25, 0.3) is 21.3 Å². The van der Waals surface area contributed by atoms with Crippen LogP contribution >= 0.6 is 11.3 Å². The number of fused-ring (bicyclic) bond motifs is 2. The predicted octanol–water partition coefficient (Wildman–Crippen LogP) is 4.10. The maximum absolute atomic E-state index is 12.3. The van der Waals surface area contributed by atoms with Crippen LogP contribution in [-0.2, 0) is 15.0 Å². The minimum atomic E-state index is -0.516. The van der Waals surface area contributed by atoms with Gasteiger partial charge in [0, 0.05) is 18.7 Å². The molecule has 5 rings (SSSR count). The summed E-state index contributed by atoms with van der Waals surface area (Å²) in [6, 6.07) is 10.2. The monoisotopic (exact) mass is 421 g/mol. The highest BCUT2D eigenvalue weighted by molar-refractivity contribution is 7.17. The van der Waals surface area contributed by atoms with Crippen LogP contribution in [0.3, 0.4) is 0 Å². The van der Waals surface area contributed by atoms with Crippen LogP contribution in [0.1, 0.15) is 32.3 Å². The van der Waals surface area contributed by atoms with Gasteiger partial charge in [0.15, 0.2) is 0 Å². The number of ether oxygens (including phenoxy) is 1. The van der Waals surface area contributed by atoms with E-state index in [-0.39, 0.29) is 11.8 Å². The first-order valence-electron chi connectivity index (χ1n) is 10.1. The van der Waals surface area contributed by atoms with Crippen molar-refractivity contribution in [2.24, 2.45) is 5.92 Å². The van der Waals surface area contributed by atoms with Gasteiger partial charge in [-0.2, -0.15) is 0 Å². The molecule has 1 aromatic heterocycles. The molecule has 154 valence electrons. The van der Waals surface area contributed by atoms with E-state index >= 15 is 0 Å². The van der Waals surface area contributed by atoms with E-state index in [0.717, 1.165) is 51.3 Å². The number of aromatic nitrogens is 1. The third kappa shape index (κ3) is 3.23. The van der Waals surface area contributed by atoms with E-state index in [1.807, 2.05) is 43.6 Å². The largest absolute Gasteiger partial charge is 0.492 e. The van der Waals surface area contributed by atoms with Crippen molar-refractivity contribution in [2.75, 3.05) is 18.5 Å². The Morgan fingerprint density at radius 3 is 2.87 bits per heavy atom. The van der Waals surface area contributed by atoms with E-state index in [1.54, 1.807) is 11.3 Å². The third-order valence-corrected chi connectivity index (χ3v) is 6.94. The van der Waals surface area contributed by atoms with Crippen molar-refractivity contribution in [1.29, 1.82) is 0 Å². The van der Waals surface area contributed by atoms with Crippen LogP contribution in [0.4, 0.5) is 5.69 Å². The number of benzene rings is 2. The number of nitrogens with zero attached hydrogens (tertiary/aromatic N) is 1. The quantitative estimate of drug-likeness (QED) is 0.650. The van der Waals surface area contributed by atoms with Crippen LogP contribution in [0.15, 0.2) is 35.8 Å². The molecule has 6 nitrogen and oxygen atoms in total. The number of hydrogen-bond donors (Lipinski definition) is 2. The molecule has 2 N–H and O–H groups in total. The van der Waals surface area contributed by atoms with Crippen molar-refractivity contribution < 1.29 is 14.3 Å². The van der Waals surface area contributed by atoms with E-state index in [0.29, 0.717) is 18.9 Å². The van der Waals surface area contributed by atoms with Gasteiger partial charge in [0.2, 0.25) is 11.8 Å². The molecule has 7 heteroatoms. The van der Waals surface area contributed by atoms with Gasteiger partial charge in [-0.3, -0.25) is 9.59 Å². The number of carbonyl (C=O) groups excluding carboxylic acids is 2. The Morgan fingerprint density at radius 1 is 1.20 bits per heavy atom. The van der Waals surface area contributed by atoms with Gasteiger partial charge in [-0.1, -0.05) is 12.1 Å². The van der Waals surface area contributed by atoms with E-state index in [1.165, 1.54) is 0 Å². The third-order valence-electron chi connectivity index (χ3n) is 6.09. The standard InChI is InChI=1S/C23H23N3O3S/c1-23(2)16-4-3-14(8-17(16)26-22(23)28)15-9-18-21(30-12-25-18)19(10-15)29-6-5-13-7-20(27)24-11-13/h3-4,8-10,12-13H,5-7,11H2,1-2H3,(H,24,27)(H,26,28)/t13-/m1/s1. The first-order valence-corrected chi connectivity index (χ1v) is 11.0. The Kier molecular flexibility index (Phi) is 4.50. The smallest absolute Gasteiger partial charge is 0.234 e. The fourth-order valence-corrected chi connectivity index (χ4v) is 4.93. The minimum Gasteiger partial charge on any atom is -0.492 e. The summed E-state index contributed by atoms with van der Waals surface area (Å²) in [7, 11) is 0. The van der Waals surface area contributed by atoms with Gasteiger partial charge in [0.05, 0.1) is 27.7 Å². The molecule has 1 atom stereocenters. The Hall–Kier alpha value is -2.93. The van der Waals surface area contributed by atoms with E-state index in [4.69, 9.17) is 4.74 Å². The lowest BCUT2D eigenvalue weighted by Crippen LogP contribution is -2.26. The van der Waals surface area contributed by atoms with Crippen molar-refractivity contribution >= 4 is 39.1 Å². The molecule has 0 aliphatic carbocycles. The highest BCUT2D eigenvalue weighted by Crippen LogP contribution is 2.41. The van der Waals surface area contributed by atoms with Crippen molar-refractivity contribution in [2.45, 2.75) is 32.1 Å². The van der Waals surface area contributed by atoms with Gasteiger partial charge >= 0.3 is 0 Å². The van der Waals surface area contributed by atoms with Crippen molar-refractivity contribution in [1.82, 2.24) is 10.3 Å². The summed E-state index contributed by atoms with van der Waals surface area (Å²) in [6.45, 7) is 5.17. The van der Waals surface area contributed by atoms with Gasteiger partial charge in [0.1, 0.15) is 5.75 Å². The molecule has 2 aliphatic rings. The second-order valence-electron chi connectivity index (χ2n) is 8.53. The van der Waals surface area contributed by atoms with Crippen LogP contribution in [-0.4, -0.2) is 29.9 Å². The lowest BCUT2D eigenvalue weighted by atomic mass is 9.85. The number of nitrogens with one attached hydrogen (secondary N) is 2. The number of amides is 2. The molecule has 2 aliphatic heterocycles. The van der Waals surface area contributed by atoms with Gasteiger partial charge in [-0.15, -0.1) is 11.3 Å². The molecule has 30 heavy (non-hydrogen) atoms. The van der Waals surface area contributed by atoms with Crippen molar-refractivity contribution in [3.8, 4) is 16.9 Å². The van der Waals surface area contributed by atoms with Crippen LogP contribution in [0.5, 0.6) is 5.75 Å². The molecule has 1 fully saturated rings. The number of hydrogen-bond acceptors (Lipinski definition) is 5. The highest BCUT2D eigenvalue weighted by atomic mass is 32.1. The topological polar surface area (TPSA) is 80.3 Å². The fourth-order valence-electron chi connectivity index (χ4n) is 4.19. The molecule has 0 radical (unpaired) electrons. The Balaban J connectivity index is 1.42. The van der Waals surface area contributed by atoms with E-state index in [9.17, 15) is 9.59 Å². The molecular formula is C23H23N3O3S. The normalized spacial score (nSPS) is 19.6. The number of carbonyl (C=O) groups is 2. The Labute approximate surface area is 178 Å². The van der Waals surface area contributed by atoms with Gasteiger partial charge in [-0.25, -0.2) is 4.98 Å². The zero-order valence-corrected chi connectivity index (χ0v) is 17.8. The number of rotatable bonds is 5. The van der Waals surface area contributed by atoms with E-state index < -0.39 is 5.41 Å². The molecular weight excluding hydrogens is 398 g/mol. The summed E-state index contributed by atoms with van der Waals surface area (Å²) in [6.07, 6.45) is 1.42. The lowest BCUT2D eigenvalue weighted by molar-refractivity contribution is -0.120. The predicted molar refractivity (Wildman–Crippen MR) is 118 cm³/mol. The summed E-state index contributed by atoms with van der Waals surface area (Å²) in [4.78, 5) is 28.1. The summed E-state index contributed by atoms with van der Waals surface area (Å²) in [5.41, 5.74) is 6.10. The SMILES string of the molecule is CC1(C)C(=O)Nc2cc(-c3cc(OCC[C@H]4CNC(=O)C4)c4scnc4c3)ccc21. The van der Waals surface area contributed by atoms with Crippen LogP contribution in [0.2, 0.25) is 0 Å². The molecule has 2 amide bonds. The number of anilines is 1. The Bertz CT molecular complexity index is 1170. The van der Waals surface area contributed by atoms with E-state index in [2.05, 4.69) is 21.7 Å². The minimum absolute atomic E-state index is 0.0218. The molecule has 0 bridgehead atoms. The second kappa shape index (κ2) is 7.09. The lowest BCUT2D eigenvalue weighted by Gasteiger charge is -2.15. The first-order chi connectivity index (χ1) is 14.4. The molecule has 0 spiro atoms. The first kappa shape index (κ1) is 19.1. The van der Waals surface area contributed by atoms with Gasteiger partial charge in [-0.05, 0) is 61.1 Å². The van der Waals surface area contributed by atoms with Crippen LogP contribution in [0, 0.1) is 5.92 Å². The molecule has 2 aromatic carbocycles. The Morgan fingerprint density at radius 2 is 2.07 bits per heavy atom. The molecule has 3 heterocycles. The van der Waals surface area contributed by atoms with Crippen molar-refractivity contribution in [3.63, 3.8) is 0 Å². The molecule has 0 saturated carbocycles. The summed E-state index contributed by atoms with van der Waals surface area (Å²) < 4.78 is 7.16. The van der Waals surface area contributed by atoms with Crippen molar-refractivity contribution in [3.05, 3.63) is 41.4 Å². The molecule has 1 saturated heterocycles. The zero-order valence-electron chi connectivity index (χ0n) is 17.0. The zero-order chi connectivity index (χ0) is 20.9. The van der Waals surface area contributed by atoms with Gasteiger partial charge < -0.3 is 15.4 Å². The highest BCUT2D eigenvalue weighted by Gasteiger charge is 2.38. The number of thiazole rings is 1. The second-order valence-corrected chi connectivity index (χ2v) is 9.38. The average Bonchev–Trinajstić information content (AvgIpc) is 3.40. The summed E-state index contributed by atoms with van der Waals surface area (Å²) in [5.74, 6) is 1.29. The maximum atomic E-state index is 12.3. The van der Waals surface area contributed by atoms with Gasteiger partial charge in [0.25, 0.3) is 0 Å². The summed E-state index contributed by atoms with van der Waals surface area (Å²) in [5, 5.41) is 5.87. The molecule has 3 aromatic rings. The summed E-state index contributed by atoms with van der Waals surface area (Å²) >= 11 is 1.56. The van der Waals surface area contributed by atoms with Crippen LogP contribution < -0.4 is 15.4 Å². The maximum Gasteiger partial charge on any atom is 0.234 e. The average molecular weight is 422 g/mol. The fraction of sp³-hybridized carbons (Fsp3) is 0.348. The molecule has 0 unspecified atom stereocenters.